The number of amides is 1. The molecule has 0 saturated carbocycles. The lowest BCUT2D eigenvalue weighted by molar-refractivity contribution is 0.101. The van der Waals surface area contributed by atoms with Crippen molar-refractivity contribution in [3.05, 3.63) is 65.0 Å². The Kier molecular flexibility index (Phi) is 3.94. The number of carbonyl (C=O) groups excluding carboxylic acids is 2. The van der Waals surface area contributed by atoms with Crippen molar-refractivity contribution in [1.82, 2.24) is 0 Å². The van der Waals surface area contributed by atoms with E-state index in [1.165, 1.54) is 25.1 Å². The molecule has 1 amide bonds. The summed E-state index contributed by atoms with van der Waals surface area (Å²) in [6, 6.07) is 10.7. The summed E-state index contributed by atoms with van der Waals surface area (Å²) in [6.45, 7) is 3.10. The van der Waals surface area contributed by atoms with Gasteiger partial charge in [-0.3, -0.25) is 9.59 Å². The number of hydrogen-bond acceptors (Lipinski definition) is 2. The quantitative estimate of drug-likeness (QED) is 0.867. The van der Waals surface area contributed by atoms with Crippen molar-refractivity contribution < 1.29 is 14.0 Å². The van der Waals surface area contributed by atoms with E-state index in [1.807, 2.05) is 0 Å². The maximum Gasteiger partial charge on any atom is 0.255 e. The summed E-state index contributed by atoms with van der Waals surface area (Å²) >= 11 is 0. The van der Waals surface area contributed by atoms with Crippen LogP contribution in [0.1, 0.15) is 33.2 Å². The first-order valence-corrected chi connectivity index (χ1v) is 6.16. The molecule has 0 aliphatic rings. The monoisotopic (exact) mass is 271 g/mol. The van der Waals surface area contributed by atoms with Crippen LogP contribution in [0.2, 0.25) is 0 Å². The highest BCUT2D eigenvalue weighted by molar-refractivity contribution is 6.09. The van der Waals surface area contributed by atoms with E-state index in [1.54, 1.807) is 31.2 Å². The zero-order chi connectivity index (χ0) is 14.7. The van der Waals surface area contributed by atoms with E-state index in [-0.39, 0.29) is 17.5 Å². The normalized spacial score (nSPS) is 10.2. The number of Topliss-reactive ketones (excluding diaryl/α,β-unsaturated/α-hetero) is 1. The molecule has 3 nitrogen and oxygen atoms in total. The predicted octanol–water partition coefficient (Wildman–Crippen LogP) is 3.59. The second kappa shape index (κ2) is 5.65. The third-order valence-electron chi connectivity index (χ3n) is 2.99. The molecule has 0 aliphatic heterocycles. The van der Waals surface area contributed by atoms with E-state index in [0.29, 0.717) is 22.4 Å². The number of carbonyl (C=O) groups is 2. The van der Waals surface area contributed by atoms with E-state index in [9.17, 15) is 14.0 Å². The van der Waals surface area contributed by atoms with Crippen LogP contribution < -0.4 is 5.32 Å². The summed E-state index contributed by atoms with van der Waals surface area (Å²) in [5.74, 6) is -0.879. The Bertz CT molecular complexity index is 680. The van der Waals surface area contributed by atoms with Crippen LogP contribution in [-0.2, 0) is 0 Å². The van der Waals surface area contributed by atoms with Gasteiger partial charge in [0.05, 0.1) is 5.69 Å². The average molecular weight is 271 g/mol. The first-order chi connectivity index (χ1) is 9.49. The molecule has 0 aromatic heterocycles. The molecule has 0 spiro atoms. The van der Waals surface area contributed by atoms with E-state index < -0.39 is 0 Å². The fourth-order valence-corrected chi connectivity index (χ4v) is 1.97. The van der Waals surface area contributed by atoms with E-state index in [0.717, 1.165) is 0 Å². The summed E-state index contributed by atoms with van der Waals surface area (Å²) < 4.78 is 13.0. The Balaban J connectivity index is 2.30. The Hall–Kier alpha value is -2.49. The van der Waals surface area contributed by atoms with Crippen LogP contribution in [0.15, 0.2) is 42.5 Å². The summed E-state index contributed by atoms with van der Waals surface area (Å²) in [4.78, 5) is 23.7. The first-order valence-electron chi connectivity index (χ1n) is 6.16. The minimum Gasteiger partial charge on any atom is -0.321 e. The maximum atomic E-state index is 13.0. The SMILES string of the molecule is CC(=O)c1ccccc1NC(=O)c1ccc(F)cc1C. The molecular weight excluding hydrogens is 257 g/mol. The van der Waals surface area contributed by atoms with Crippen molar-refractivity contribution in [3.8, 4) is 0 Å². The average Bonchev–Trinajstić information content (AvgIpc) is 2.38. The smallest absolute Gasteiger partial charge is 0.255 e. The molecule has 0 atom stereocenters. The summed E-state index contributed by atoms with van der Waals surface area (Å²) in [7, 11) is 0. The number of halogens is 1. The number of ketones is 1. The molecule has 102 valence electrons. The van der Waals surface area contributed by atoms with Gasteiger partial charge >= 0.3 is 0 Å². The lowest BCUT2D eigenvalue weighted by atomic mass is 10.1. The van der Waals surface area contributed by atoms with Gasteiger partial charge in [0, 0.05) is 11.1 Å². The predicted molar refractivity (Wildman–Crippen MR) is 75.5 cm³/mol. The number of rotatable bonds is 3. The van der Waals surface area contributed by atoms with Crippen LogP contribution in [0.3, 0.4) is 0 Å². The maximum absolute atomic E-state index is 13.0. The van der Waals surface area contributed by atoms with Crippen molar-refractivity contribution >= 4 is 17.4 Å². The molecule has 0 fully saturated rings. The fraction of sp³-hybridized carbons (Fsp3) is 0.125. The molecular formula is C16H14FNO2. The molecule has 0 aliphatic carbocycles. The van der Waals surface area contributed by atoms with Gasteiger partial charge in [0.15, 0.2) is 5.78 Å². The summed E-state index contributed by atoms with van der Waals surface area (Å²) in [5, 5.41) is 2.69. The molecule has 2 rings (SSSR count). The van der Waals surface area contributed by atoms with Gasteiger partial charge in [0.1, 0.15) is 5.82 Å². The number of nitrogens with one attached hydrogen (secondary N) is 1. The molecule has 0 unspecified atom stereocenters. The topological polar surface area (TPSA) is 46.2 Å². The van der Waals surface area contributed by atoms with Crippen LogP contribution in [0, 0.1) is 12.7 Å². The molecule has 1 N–H and O–H groups in total. The van der Waals surface area contributed by atoms with Crippen molar-refractivity contribution in [3.63, 3.8) is 0 Å². The highest BCUT2D eigenvalue weighted by Crippen LogP contribution is 2.18. The molecule has 2 aromatic carbocycles. The highest BCUT2D eigenvalue weighted by Gasteiger charge is 2.13. The highest BCUT2D eigenvalue weighted by atomic mass is 19.1. The van der Waals surface area contributed by atoms with E-state index in [4.69, 9.17) is 0 Å². The number of hydrogen-bond donors (Lipinski definition) is 1. The molecule has 0 bridgehead atoms. The van der Waals surface area contributed by atoms with Crippen molar-refractivity contribution in [2.24, 2.45) is 0 Å². The van der Waals surface area contributed by atoms with Gasteiger partial charge in [-0.1, -0.05) is 12.1 Å². The van der Waals surface area contributed by atoms with Crippen molar-refractivity contribution in [2.45, 2.75) is 13.8 Å². The molecule has 20 heavy (non-hydrogen) atoms. The zero-order valence-electron chi connectivity index (χ0n) is 11.2. The van der Waals surface area contributed by atoms with Gasteiger partial charge in [-0.25, -0.2) is 4.39 Å². The number of anilines is 1. The Morgan fingerprint density at radius 3 is 2.40 bits per heavy atom. The Labute approximate surface area is 116 Å². The van der Waals surface area contributed by atoms with E-state index in [2.05, 4.69) is 5.32 Å². The van der Waals surface area contributed by atoms with Crippen LogP contribution in [0.25, 0.3) is 0 Å². The van der Waals surface area contributed by atoms with Crippen LogP contribution in [0.5, 0.6) is 0 Å². The first kappa shape index (κ1) is 13.9. The Morgan fingerprint density at radius 1 is 1.05 bits per heavy atom. The molecule has 0 saturated heterocycles. The van der Waals surface area contributed by atoms with Gasteiger partial charge in [-0.15, -0.1) is 0 Å². The lowest BCUT2D eigenvalue weighted by Crippen LogP contribution is -2.15. The van der Waals surface area contributed by atoms with Gasteiger partial charge in [0.2, 0.25) is 0 Å². The summed E-state index contributed by atoms with van der Waals surface area (Å²) in [5.41, 5.74) is 1.82. The second-order valence-electron chi connectivity index (χ2n) is 4.52. The number of benzene rings is 2. The number of aryl methyl sites for hydroxylation is 1. The standard InChI is InChI=1S/C16H14FNO2/c1-10-9-12(17)7-8-13(10)16(20)18-15-6-4-3-5-14(15)11(2)19/h3-9H,1-2H3,(H,18,20). The third-order valence-corrected chi connectivity index (χ3v) is 2.99. The molecule has 0 heterocycles. The zero-order valence-corrected chi connectivity index (χ0v) is 11.2. The van der Waals surface area contributed by atoms with Gasteiger partial charge < -0.3 is 5.32 Å². The van der Waals surface area contributed by atoms with Gasteiger partial charge in [-0.05, 0) is 49.7 Å². The van der Waals surface area contributed by atoms with Crippen LogP contribution >= 0.6 is 0 Å². The minimum atomic E-state index is -0.386. The van der Waals surface area contributed by atoms with Crippen LogP contribution in [0.4, 0.5) is 10.1 Å². The molecule has 0 radical (unpaired) electrons. The van der Waals surface area contributed by atoms with Crippen molar-refractivity contribution in [1.29, 1.82) is 0 Å². The largest absolute Gasteiger partial charge is 0.321 e. The van der Waals surface area contributed by atoms with Gasteiger partial charge in [0.25, 0.3) is 5.91 Å². The van der Waals surface area contributed by atoms with E-state index >= 15 is 0 Å². The van der Waals surface area contributed by atoms with Crippen molar-refractivity contribution in [2.75, 3.05) is 5.32 Å². The molecule has 4 heteroatoms. The lowest BCUT2D eigenvalue weighted by Gasteiger charge is -2.10. The van der Waals surface area contributed by atoms with Gasteiger partial charge in [-0.2, -0.15) is 0 Å². The second-order valence-corrected chi connectivity index (χ2v) is 4.52. The third kappa shape index (κ3) is 2.91. The molecule has 2 aromatic rings. The Morgan fingerprint density at radius 2 is 1.75 bits per heavy atom. The summed E-state index contributed by atoms with van der Waals surface area (Å²) in [6.07, 6.45) is 0. The fourth-order valence-electron chi connectivity index (χ4n) is 1.97. The van der Waals surface area contributed by atoms with Crippen LogP contribution in [-0.4, -0.2) is 11.7 Å². The minimum absolute atomic E-state index is 0.128. The number of para-hydroxylation sites is 1.